The van der Waals surface area contributed by atoms with Crippen LogP contribution < -0.4 is 10.6 Å². The number of hydrogen-bond donors (Lipinski definition) is 2. The quantitative estimate of drug-likeness (QED) is 0.416. The van der Waals surface area contributed by atoms with Gasteiger partial charge in [0.05, 0.1) is 22.3 Å². The van der Waals surface area contributed by atoms with Crippen molar-refractivity contribution < 1.29 is 13.9 Å². The van der Waals surface area contributed by atoms with Crippen molar-refractivity contribution >= 4 is 34.2 Å². The van der Waals surface area contributed by atoms with Crippen molar-refractivity contribution in [3.8, 4) is 0 Å². The fourth-order valence-corrected chi connectivity index (χ4v) is 4.28. The van der Waals surface area contributed by atoms with Crippen LogP contribution in [0.15, 0.2) is 54.9 Å². The Hall–Kier alpha value is -3.56. The summed E-state index contributed by atoms with van der Waals surface area (Å²) in [5, 5.41) is 11.4. The zero-order chi connectivity index (χ0) is 24.4. The standard InChI is InChI=1S/C25H24ClFN6O2/c1-33-22(6-9-29-33)24(15-2-4-18(26)19(27)12-15)32-25(34)20-5-3-16-14-28-23(13-21(16)31-20)30-17-7-10-35-11-8-17/h2-6,9,12-14,17,24H,7-8,10-11H2,1H3,(H,28,30)(H,32,34)/t24-/m0/s1. The summed E-state index contributed by atoms with van der Waals surface area (Å²) in [6.07, 6.45) is 5.18. The Morgan fingerprint density at radius 2 is 2.03 bits per heavy atom. The number of rotatable bonds is 6. The summed E-state index contributed by atoms with van der Waals surface area (Å²) >= 11 is 5.87. The van der Waals surface area contributed by atoms with E-state index in [9.17, 15) is 9.18 Å². The summed E-state index contributed by atoms with van der Waals surface area (Å²) in [4.78, 5) is 22.3. The molecule has 1 aromatic carbocycles. The van der Waals surface area contributed by atoms with Gasteiger partial charge in [-0.05, 0) is 48.7 Å². The van der Waals surface area contributed by atoms with E-state index in [2.05, 4.69) is 25.7 Å². The Bertz CT molecular complexity index is 1370. The molecule has 8 nitrogen and oxygen atoms in total. The first-order valence-corrected chi connectivity index (χ1v) is 11.7. The van der Waals surface area contributed by atoms with Gasteiger partial charge in [-0.3, -0.25) is 9.48 Å². The maximum absolute atomic E-state index is 14.2. The van der Waals surface area contributed by atoms with E-state index >= 15 is 0 Å². The lowest BCUT2D eigenvalue weighted by Crippen LogP contribution is -2.31. The lowest BCUT2D eigenvalue weighted by atomic mass is 10.0. The molecule has 0 saturated carbocycles. The van der Waals surface area contributed by atoms with E-state index in [4.69, 9.17) is 16.3 Å². The third-order valence-corrected chi connectivity index (χ3v) is 6.39. The number of pyridine rings is 2. The van der Waals surface area contributed by atoms with Gasteiger partial charge in [0.15, 0.2) is 0 Å². The smallest absolute Gasteiger partial charge is 0.270 e. The van der Waals surface area contributed by atoms with Gasteiger partial charge in [0.1, 0.15) is 17.3 Å². The molecule has 1 amide bonds. The van der Waals surface area contributed by atoms with E-state index in [1.54, 1.807) is 42.3 Å². The number of aromatic nitrogens is 4. The second kappa shape index (κ2) is 9.97. The number of amides is 1. The summed E-state index contributed by atoms with van der Waals surface area (Å²) in [5.74, 6) is -0.255. The summed E-state index contributed by atoms with van der Waals surface area (Å²) in [5.41, 5.74) is 2.11. The minimum atomic E-state index is -0.651. The van der Waals surface area contributed by atoms with E-state index in [0.29, 0.717) is 28.6 Å². The molecule has 2 N–H and O–H groups in total. The zero-order valence-electron chi connectivity index (χ0n) is 19.0. The Morgan fingerprint density at radius 1 is 1.20 bits per heavy atom. The molecule has 5 rings (SSSR count). The number of fused-ring (bicyclic) bond motifs is 1. The molecule has 10 heteroatoms. The second-order valence-electron chi connectivity index (χ2n) is 8.45. The third-order valence-electron chi connectivity index (χ3n) is 6.09. The van der Waals surface area contributed by atoms with Gasteiger partial charge in [-0.25, -0.2) is 14.4 Å². The molecule has 1 saturated heterocycles. The number of aryl methyl sites for hydroxylation is 1. The van der Waals surface area contributed by atoms with E-state index in [1.165, 1.54) is 12.1 Å². The number of ether oxygens (including phenoxy) is 1. The van der Waals surface area contributed by atoms with Crippen molar-refractivity contribution in [3.63, 3.8) is 0 Å². The van der Waals surface area contributed by atoms with Crippen LogP contribution in [0, 0.1) is 5.82 Å². The molecule has 180 valence electrons. The molecule has 0 spiro atoms. The fourth-order valence-electron chi connectivity index (χ4n) is 4.17. The van der Waals surface area contributed by atoms with Crippen molar-refractivity contribution in [3.05, 3.63) is 82.6 Å². The van der Waals surface area contributed by atoms with Crippen LogP contribution in [-0.2, 0) is 11.8 Å². The Balaban J connectivity index is 1.42. The van der Waals surface area contributed by atoms with Gasteiger partial charge in [0.2, 0.25) is 0 Å². The predicted molar refractivity (Wildman–Crippen MR) is 131 cm³/mol. The lowest BCUT2D eigenvalue weighted by Gasteiger charge is -2.23. The molecule has 35 heavy (non-hydrogen) atoms. The van der Waals surface area contributed by atoms with Crippen molar-refractivity contribution in [2.45, 2.75) is 24.9 Å². The number of halogens is 2. The van der Waals surface area contributed by atoms with Gasteiger partial charge in [-0.15, -0.1) is 0 Å². The molecule has 1 atom stereocenters. The number of benzene rings is 1. The number of anilines is 1. The predicted octanol–water partition coefficient (Wildman–Crippen LogP) is 4.27. The first kappa shape index (κ1) is 23.2. The highest BCUT2D eigenvalue weighted by atomic mass is 35.5. The normalized spacial score (nSPS) is 15.2. The fraction of sp³-hybridized carbons (Fsp3) is 0.280. The summed E-state index contributed by atoms with van der Waals surface area (Å²) in [6.45, 7) is 1.45. The van der Waals surface area contributed by atoms with Crippen LogP contribution in [0.2, 0.25) is 5.02 Å². The number of carbonyl (C=O) groups excluding carboxylic acids is 1. The molecule has 1 fully saturated rings. The third kappa shape index (κ3) is 5.11. The van der Waals surface area contributed by atoms with Crippen LogP contribution in [0.3, 0.4) is 0 Å². The molecule has 4 heterocycles. The molecule has 0 unspecified atom stereocenters. The van der Waals surface area contributed by atoms with E-state index in [1.807, 2.05) is 12.1 Å². The largest absolute Gasteiger partial charge is 0.381 e. The molecule has 1 aliphatic rings. The number of carbonyl (C=O) groups is 1. The number of hydrogen-bond acceptors (Lipinski definition) is 6. The van der Waals surface area contributed by atoms with Crippen LogP contribution >= 0.6 is 11.6 Å². The van der Waals surface area contributed by atoms with E-state index in [0.717, 1.165) is 31.4 Å². The van der Waals surface area contributed by atoms with Crippen molar-refractivity contribution in [2.75, 3.05) is 18.5 Å². The van der Waals surface area contributed by atoms with Crippen molar-refractivity contribution in [2.24, 2.45) is 7.05 Å². The van der Waals surface area contributed by atoms with Gasteiger partial charge >= 0.3 is 0 Å². The second-order valence-corrected chi connectivity index (χ2v) is 8.86. The molecule has 1 aliphatic heterocycles. The first-order valence-electron chi connectivity index (χ1n) is 11.3. The van der Waals surface area contributed by atoms with E-state index in [-0.39, 0.29) is 10.7 Å². The highest BCUT2D eigenvalue weighted by molar-refractivity contribution is 6.30. The minimum Gasteiger partial charge on any atom is -0.381 e. The van der Waals surface area contributed by atoms with Gasteiger partial charge in [0, 0.05) is 50.1 Å². The number of nitrogens with one attached hydrogen (secondary N) is 2. The summed E-state index contributed by atoms with van der Waals surface area (Å²) in [7, 11) is 1.76. The zero-order valence-corrected chi connectivity index (χ0v) is 19.8. The monoisotopic (exact) mass is 494 g/mol. The Labute approximate surface area is 206 Å². The average Bonchev–Trinajstić information content (AvgIpc) is 3.29. The highest BCUT2D eigenvalue weighted by Crippen LogP contribution is 2.26. The van der Waals surface area contributed by atoms with Gasteiger partial charge in [0.25, 0.3) is 5.91 Å². The molecular weight excluding hydrogens is 471 g/mol. The number of nitrogens with zero attached hydrogens (tertiary/aromatic N) is 4. The van der Waals surface area contributed by atoms with E-state index < -0.39 is 17.8 Å². The molecule has 0 radical (unpaired) electrons. The highest BCUT2D eigenvalue weighted by Gasteiger charge is 2.23. The molecular formula is C25H24ClFN6O2. The molecule has 0 bridgehead atoms. The molecule has 0 aliphatic carbocycles. The van der Waals surface area contributed by atoms with Crippen LogP contribution in [0.1, 0.15) is 40.6 Å². The van der Waals surface area contributed by atoms with Gasteiger partial charge in [-0.1, -0.05) is 17.7 Å². The van der Waals surface area contributed by atoms with Gasteiger partial charge in [-0.2, -0.15) is 5.10 Å². The van der Waals surface area contributed by atoms with Crippen LogP contribution in [-0.4, -0.2) is 44.9 Å². The maximum Gasteiger partial charge on any atom is 0.270 e. The van der Waals surface area contributed by atoms with Crippen LogP contribution in [0.4, 0.5) is 10.2 Å². The summed E-state index contributed by atoms with van der Waals surface area (Å²) < 4.78 is 21.3. The molecule has 3 aromatic heterocycles. The van der Waals surface area contributed by atoms with Crippen LogP contribution in [0.5, 0.6) is 0 Å². The minimum absolute atomic E-state index is 0.0128. The molecule has 4 aromatic rings. The van der Waals surface area contributed by atoms with Crippen LogP contribution in [0.25, 0.3) is 10.9 Å². The first-order chi connectivity index (χ1) is 17.0. The Morgan fingerprint density at radius 3 is 2.77 bits per heavy atom. The maximum atomic E-state index is 14.2. The topological polar surface area (TPSA) is 94.0 Å². The van der Waals surface area contributed by atoms with Crippen molar-refractivity contribution in [1.82, 2.24) is 25.1 Å². The average molecular weight is 495 g/mol. The van der Waals surface area contributed by atoms with Gasteiger partial charge < -0.3 is 15.4 Å². The lowest BCUT2D eigenvalue weighted by molar-refractivity contribution is 0.0903. The SMILES string of the molecule is Cn1nccc1[C@@H](NC(=O)c1ccc2cnc(NC3CCOCC3)cc2n1)c1ccc(Cl)c(F)c1. The van der Waals surface area contributed by atoms with Crippen molar-refractivity contribution in [1.29, 1.82) is 0 Å². The Kier molecular flexibility index (Phi) is 6.61. The summed E-state index contributed by atoms with van der Waals surface area (Å²) in [6, 6.07) is 11.2.